The van der Waals surface area contributed by atoms with Gasteiger partial charge in [0.15, 0.2) is 17.5 Å². The van der Waals surface area contributed by atoms with Gasteiger partial charge < -0.3 is 4.42 Å². The smallest absolute Gasteiger partial charge is 0.164 e. The number of fused-ring (bicyclic) bond motifs is 3. The van der Waals surface area contributed by atoms with E-state index in [-0.39, 0.29) is 0 Å². The molecule has 8 aromatic rings. The van der Waals surface area contributed by atoms with Gasteiger partial charge in [0.1, 0.15) is 11.2 Å². The first-order chi connectivity index (χ1) is 22.2. The van der Waals surface area contributed by atoms with E-state index in [0.717, 1.165) is 60.9 Å². The summed E-state index contributed by atoms with van der Waals surface area (Å²) in [5, 5.41) is 11.7. The summed E-state index contributed by atoms with van der Waals surface area (Å²) >= 11 is 0. The molecule has 0 radical (unpaired) electrons. The highest BCUT2D eigenvalue weighted by atomic mass is 16.3. The highest BCUT2D eigenvalue weighted by Gasteiger charge is 2.16. The third-order valence-corrected chi connectivity index (χ3v) is 8.01. The molecule has 5 heteroatoms. The van der Waals surface area contributed by atoms with E-state index in [1.165, 1.54) is 0 Å². The summed E-state index contributed by atoms with van der Waals surface area (Å²) in [6.45, 7) is 0. The molecular weight excluding hydrogens is 552 g/mol. The molecule has 2 heterocycles. The monoisotopic (exact) mass is 576 g/mol. The lowest BCUT2D eigenvalue weighted by Gasteiger charge is -2.09. The summed E-state index contributed by atoms with van der Waals surface area (Å²) in [6, 6.07) is 50.5. The molecule has 8 rings (SSSR count). The maximum atomic E-state index is 9.58. The number of nitrogens with zero attached hydrogens (tertiary/aromatic N) is 4. The highest BCUT2D eigenvalue weighted by Crippen LogP contribution is 2.38. The van der Waals surface area contributed by atoms with Crippen molar-refractivity contribution < 1.29 is 4.42 Å². The van der Waals surface area contributed by atoms with Gasteiger partial charge >= 0.3 is 0 Å². The Kier molecular flexibility index (Phi) is 6.44. The van der Waals surface area contributed by atoms with Crippen molar-refractivity contribution in [2.45, 2.75) is 0 Å². The predicted molar refractivity (Wildman–Crippen MR) is 179 cm³/mol. The van der Waals surface area contributed by atoms with Crippen LogP contribution in [0.25, 0.3) is 78.4 Å². The van der Waals surface area contributed by atoms with Crippen molar-refractivity contribution in [3.63, 3.8) is 0 Å². The molecule has 2 aromatic heterocycles. The van der Waals surface area contributed by atoms with Crippen LogP contribution in [0.2, 0.25) is 0 Å². The first-order valence-corrected chi connectivity index (χ1v) is 14.7. The van der Waals surface area contributed by atoms with Crippen LogP contribution in [0, 0.1) is 11.3 Å². The van der Waals surface area contributed by atoms with Gasteiger partial charge in [-0.3, -0.25) is 0 Å². The second-order valence-corrected chi connectivity index (χ2v) is 10.8. The van der Waals surface area contributed by atoms with Crippen molar-refractivity contribution in [3.05, 3.63) is 151 Å². The SMILES string of the molecule is N#Cc1ccccc1-c1ccc(-c2nc(-c3ccccc3)nc(-c3ccc4c(c3)oc3cccc(-c5ccccc5)c34)n2)cc1. The van der Waals surface area contributed by atoms with Crippen LogP contribution < -0.4 is 0 Å². The van der Waals surface area contributed by atoms with Crippen LogP contribution >= 0.6 is 0 Å². The molecule has 0 aliphatic rings. The van der Waals surface area contributed by atoms with Crippen molar-refractivity contribution in [2.75, 3.05) is 0 Å². The Morgan fingerprint density at radius 3 is 1.69 bits per heavy atom. The van der Waals surface area contributed by atoms with Crippen molar-refractivity contribution in [1.82, 2.24) is 15.0 Å². The van der Waals surface area contributed by atoms with Gasteiger partial charge in [-0.05, 0) is 46.5 Å². The average Bonchev–Trinajstić information content (AvgIpc) is 3.50. The molecule has 0 atom stereocenters. The van der Waals surface area contributed by atoms with Crippen LogP contribution in [0.5, 0.6) is 0 Å². The Bertz CT molecular complexity index is 2370. The van der Waals surface area contributed by atoms with E-state index < -0.39 is 0 Å². The van der Waals surface area contributed by atoms with Crippen LogP contribution in [0.15, 0.2) is 150 Å². The molecule has 0 aliphatic heterocycles. The molecule has 0 aliphatic carbocycles. The first-order valence-electron chi connectivity index (χ1n) is 14.7. The predicted octanol–water partition coefficient (Wildman–Crippen LogP) is 9.98. The fraction of sp³-hybridized carbons (Fsp3) is 0. The number of hydrogen-bond acceptors (Lipinski definition) is 5. The topological polar surface area (TPSA) is 75.6 Å². The summed E-state index contributed by atoms with van der Waals surface area (Å²) in [7, 11) is 0. The fourth-order valence-corrected chi connectivity index (χ4v) is 5.80. The first kappa shape index (κ1) is 26.3. The molecule has 6 aromatic carbocycles. The molecule has 0 N–H and O–H groups in total. The average molecular weight is 577 g/mol. The molecular formula is C40H24N4O. The van der Waals surface area contributed by atoms with Gasteiger partial charge in [-0.15, -0.1) is 0 Å². The number of benzene rings is 6. The molecule has 210 valence electrons. The minimum Gasteiger partial charge on any atom is -0.456 e. The number of hydrogen-bond donors (Lipinski definition) is 0. The van der Waals surface area contributed by atoms with Gasteiger partial charge in [0, 0.05) is 27.5 Å². The van der Waals surface area contributed by atoms with Gasteiger partial charge in [0.2, 0.25) is 0 Å². The molecule has 5 nitrogen and oxygen atoms in total. The summed E-state index contributed by atoms with van der Waals surface area (Å²) in [6.07, 6.45) is 0. The maximum Gasteiger partial charge on any atom is 0.164 e. The summed E-state index contributed by atoms with van der Waals surface area (Å²) in [4.78, 5) is 14.7. The Labute approximate surface area is 259 Å². The largest absolute Gasteiger partial charge is 0.456 e. The van der Waals surface area contributed by atoms with E-state index in [2.05, 4.69) is 48.5 Å². The number of furan rings is 1. The Morgan fingerprint density at radius 2 is 0.978 bits per heavy atom. The van der Waals surface area contributed by atoms with Crippen LogP contribution in [0.1, 0.15) is 5.56 Å². The van der Waals surface area contributed by atoms with E-state index in [4.69, 9.17) is 19.4 Å². The number of rotatable bonds is 5. The van der Waals surface area contributed by atoms with Crippen LogP contribution in [0.4, 0.5) is 0 Å². The Morgan fingerprint density at radius 1 is 0.444 bits per heavy atom. The minimum atomic E-state index is 0.559. The lowest BCUT2D eigenvalue weighted by molar-refractivity contribution is 0.669. The zero-order chi connectivity index (χ0) is 30.2. The summed E-state index contributed by atoms with van der Waals surface area (Å²) < 4.78 is 6.39. The summed E-state index contributed by atoms with van der Waals surface area (Å²) in [5.74, 6) is 1.71. The number of nitriles is 1. The van der Waals surface area contributed by atoms with E-state index in [9.17, 15) is 5.26 Å². The van der Waals surface area contributed by atoms with Gasteiger partial charge in [-0.1, -0.05) is 121 Å². The van der Waals surface area contributed by atoms with Crippen molar-refractivity contribution in [1.29, 1.82) is 5.26 Å². The molecule has 0 spiro atoms. The van der Waals surface area contributed by atoms with E-state index in [1.807, 2.05) is 103 Å². The quantitative estimate of drug-likeness (QED) is 0.204. The fourth-order valence-electron chi connectivity index (χ4n) is 5.80. The molecule has 0 amide bonds. The standard InChI is InChI=1S/C40H24N4O/c41-25-31-14-7-8-15-32(31)27-18-20-29(21-19-27)39-42-38(28-12-5-2-6-13-28)43-40(44-39)30-22-23-34-36(24-30)45-35-17-9-16-33(37(34)35)26-10-3-1-4-11-26/h1-24H. The minimum absolute atomic E-state index is 0.559. The molecule has 45 heavy (non-hydrogen) atoms. The van der Waals surface area contributed by atoms with E-state index in [0.29, 0.717) is 23.0 Å². The third-order valence-electron chi connectivity index (χ3n) is 8.01. The van der Waals surface area contributed by atoms with Gasteiger partial charge in [0.05, 0.1) is 11.6 Å². The number of aromatic nitrogens is 3. The zero-order valence-corrected chi connectivity index (χ0v) is 24.1. The molecule has 0 saturated heterocycles. The normalized spacial score (nSPS) is 11.1. The van der Waals surface area contributed by atoms with E-state index in [1.54, 1.807) is 0 Å². The molecule has 0 unspecified atom stereocenters. The second kappa shape index (κ2) is 11.0. The van der Waals surface area contributed by atoms with Crippen LogP contribution in [-0.2, 0) is 0 Å². The summed E-state index contributed by atoms with van der Waals surface area (Å²) in [5.41, 5.74) is 8.96. The van der Waals surface area contributed by atoms with Crippen molar-refractivity contribution in [3.8, 4) is 62.5 Å². The Hall–Kier alpha value is -6.38. The van der Waals surface area contributed by atoms with E-state index >= 15 is 0 Å². The third kappa shape index (κ3) is 4.81. The molecule has 0 saturated carbocycles. The lowest BCUT2D eigenvalue weighted by Crippen LogP contribution is -2.00. The van der Waals surface area contributed by atoms with Gasteiger partial charge in [0.25, 0.3) is 0 Å². The van der Waals surface area contributed by atoms with Crippen molar-refractivity contribution >= 4 is 21.9 Å². The maximum absolute atomic E-state index is 9.58. The molecule has 0 fully saturated rings. The highest BCUT2D eigenvalue weighted by molar-refractivity contribution is 6.12. The van der Waals surface area contributed by atoms with Crippen LogP contribution in [0.3, 0.4) is 0 Å². The molecule has 0 bridgehead atoms. The Balaban J connectivity index is 1.25. The zero-order valence-electron chi connectivity index (χ0n) is 24.1. The lowest BCUT2D eigenvalue weighted by atomic mass is 9.99. The van der Waals surface area contributed by atoms with Crippen LogP contribution in [-0.4, -0.2) is 15.0 Å². The van der Waals surface area contributed by atoms with Crippen molar-refractivity contribution in [2.24, 2.45) is 0 Å². The van der Waals surface area contributed by atoms with Gasteiger partial charge in [-0.25, -0.2) is 15.0 Å². The second-order valence-electron chi connectivity index (χ2n) is 10.8. The van der Waals surface area contributed by atoms with Gasteiger partial charge in [-0.2, -0.15) is 5.26 Å².